The SMILES string of the molecule is ClCc1ccc(CN2CCc3ccccc3C2)cc1. The highest BCUT2D eigenvalue weighted by Crippen LogP contribution is 2.20. The van der Waals surface area contributed by atoms with E-state index in [1.165, 1.54) is 22.3 Å². The Kier molecular flexibility index (Phi) is 3.86. The summed E-state index contributed by atoms with van der Waals surface area (Å²) >= 11 is 5.82. The molecule has 1 heterocycles. The molecule has 0 spiro atoms. The van der Waals surface area contributed by atoms with Crippen molar-refractivity contribution in [2.24, 2.45) is 0 Å². The maximum absolute atomic E-state index is 5.82. The molecule has 0 saturated carbocycles. The van der Waals surface area contributed by atoms with Gasteiger partial charge in [-0.2, -0.15) is 0 Å². The zero-order chi connectivity index (χ0) is 13.1. The first-order valence-corrected chi connectivity index (χ1v) is 7.31. The van der Waals surface area contributed by atoms with Gasteiger partial charge in [-0.3, -0.25) is 4.90 Å². The average Bonchev–Trinajstić information content (AvgIpc) is 2.48. The van der Waals surface area contributed by atoms with Gasteiger partial charge in [-0.05, 0) is 28.7 Å². The minimum absolute atomic E-state index is 0.595. The van der Waals surface area contributed by atoms with Gasteiger partial charge in [0.25, 0.3) is 0 Å². The summed E-state index contributed by atoms with van der Waals surface area (Å²) in [6.45, 7) is 3.23. The first-order chi connectivity index (χ1) is 9.35. The number of benzene rings is 2. The molecular formula is C17H18ClN. The fourth-order valence-corrected chi connectivity index (χ4v) is 2.86. The maximum Gasteiger partial charge on any atom is 0.0474 e. The molecule has 0 aromatic heterocycles. The van der Waals surface area contributed by atoms with Crippen molar-refractivity contribution in [1.82, 2.24) is 4.90 Å². The van der Waals surface area contributed by atoms with Crippen LogP contribution in [0.2, 0.25) is 0 Å². The molecule has 0 atom stereocenters. The Balaban J connectivity index is 1.68. The summed E-state index contributed by atoms with van der Waals surface area (Å²) in [4.78, 5) is 2.51. The minimum Gasteiger partial charge on any atom is -0.294 e. The van der Waals surface area contributed by atoms with Gasteiger partial charge < -0.3 is 0 Å². The molecule has 0 bridgehead atoms. The van der Waals surface area contributed by atoms with Crippen LogP contribution in [0, 0.1) is 0 Å². The Hall–Kier alpha value is -1.31. The molecule has 1 aliphatic rings. The molecule has 2 heteroatoms. The fraction of sp³-hybridized carbons (Fsp3) is 0.294. The summed E-state index contributed by atoms with van der Waals surface area (Å²) in [5.74, 6) is 0.595. The van der Waals surface area contributed by atoms with Crippen LogP contribution in [0.25, 0.3) is 0 Å². The Morgan fingerprint density at radius 1 is 0.895 bits per heavy atom. The van der Waals surface area contributed by atoms with Crippen molar-refractivity contribution in [3.63, 3.8) is 0 Å². The summed E-state index contributed by atoms with van der Waals surface area (Å²) < 4.78 is 0. The Bertz CT molecular complexity index is 547. The monoisotopic (exact) mass is 271 g/mol. The van der Waals surface area contributed by atoms with Crippen LogP contribution in [0.4, 0.5) is 0 Å². The number of nitrogens with zero attached hydrogens (tertiary/aromatic N) is 1. The average molecular weight is 272 g/mol. The zero-order valence-corrected chi connectivity index (χ0v) is 11.7. The lowest BCUT2D eigenvalue weighted by molar-refractivity contribution is 0.245. The first-order valence-electron chi connectivity index (χ1n) is 6.78. The van der Waals surface area contributed by atoms with Crippen LogP contribution in [-0.4, -0.2) is 11.4 Å². The fourth-order valence-electron chi connectivity index (χ4n) is 2.68. The Morgan fingerprint density at radius 2 is 1.58 bits per heavy atom. The van der Waals surface area contributed by atoms with Crippen LogP contribution in [0.15, 0.2) is 48.5 Å². The second-order valence-electron chi connectivity index (χ2n) is 5.18. The number of fused-ring (bicyclic) bond motifs is 1. The third-order valence-electron chi connectivity index (χ3n) is 3.79. The Morgan fingerprint density at radius 3 is 2.32 bits per heavy atom. The molecule has 98 valence electrons. The van der Waals surface area contributed by atoms with Crippen LogP contribution in [-0.2, 0) is 25.4 Å². The molecule has 3 rings (SSSR count). The molecule has 0 saturated heterocycles. The lowest BCUT2D eigenvalue weighted by Crippen LogP contribution is -2.29. The van der Waals surface area contributed by atoms with Crippen molar-refractivity contribution in [2.45, 2.75) is 25.4 Å². The summed E-state index contributed by atoms with van der Waals surface area (Å²) in [6, 6.07) is 17.4. The lowest BCUT2D eigenvalue weighted by atomic mass is 9.99. The molecular weight excluding hydrogens is 254 g/mol. The molecule has 0 aliphatic carbocycles. The normalized spacial score (nSPS) is 15.2. The van der Waals surface area contributed by atoms with Crippen LogP contribution >= 0.6 is 11.6 Å². The van der Waals surface area contributed by atoms with E-state index in [0.29, 0.717) is 5.88 Å². The lowest BCUT2D eigenvalue weighted by Gasteiger charge is -2.28. The molecule has 0 radical (unpaired) electrons. The highest BCUT2D eigenvalue weighted by atomic mass is 35.5. The van der Waals surface area contributed by atoms with Crippen molar-refractivity contribution in [3.05, 3.63) is 70.8 Å². The number of halogens is 1. The van der Waals surface area contributed by atoms with E-state index in [1.54, 1.807) is 0 Å². The number of alkyl halides is 1. The molecule has 1 nitrogen and oxygen atoms in total. The van der Waals surface area contributed by atoms with E-state index in [1.807, 2.05) is 0 Å². The van der Waals surface area contributed by atoms with Gasteiger partial charge in [0.05, 0.1) is 0 Å². The van der Waals surface area contributed by atoms with Crippen LogP contribution in [0.5, 0.6) is 0 Å². The summed E-state index contributed by atoms with van der Waals surface area (Å²) in [7, 11) is 0. The molecule has 0 unspecified atom stereocenters. The van der Waals surface area contributed by atoms with Gasteiger partial charge in [-0.15, -0.1) is 11.6 Å². The summed E-state index contributed by atoms with van der Waals surface area (Å²) in [6.07, 6.45) is 1.16. The van der Waals surface area contributed by atoms with E-state index < -0.39 is 0 Å². The van der Waals surface area contributed by atoms with Crippen LogP contribution in [0.1, 0.15) is 22.3 Å². The minimum atomic E-state index is 0.595. The molecule has 1 aliphatic heterocycles. The molecule has 0 N–H and O–H groups in total. The van der Waals surface area contributed by atoms with Crippen LogP contribution < -0.4 is 0 Å². The zero-order valence-electron chi connectivity index (χ0n) is 11.0. The van der Waals surface area contributed by atoms with Gasteiger partial charge >= 0.3 is 0 Å². The Labute approximate surface area is 119 Å². The van der Waals surface area contributed by atoms with Crippen molar-refractivity contribution >= 4 is 11.6 Å². The number of hydrogen-bond acceptors (Lipinski definition) is 1. The van der Waals surface area contributed by atoms with Gasteiger partial charge in [-0.25, -0.2) is 0 Å². The molecule has 0 amide bonds. The van der Waals surface area contributed by atoms with E-state index in [9.17, 15) is 0 Å². The van der Waals surface area contributed by atoms with Crippen molar-refractivity contribution < 1.29 is 0 Å². The number of rotatable bonds is 3. The highest BCUT2D eigenvalue weighted by Gasteiger charge is 2.15. The second-order valence-corrected chi connectivity index (χ2v) is 5.45. The first kappa shape index (κ1) is 12.7. The standard InChI is InChI=1S/C17H18ClN/c18-11-14-5-7-15(8-6-14)12-19-10-9-16-3-1-2-4-17(16)13-19/h1-8H,9-13H2. The van der Waals surface area contributed by atoms with Gasteiger partial charge in [0.1, 0.15) is 0 Å². The van der Waals surface area contributed by atoms with Gasteiger partial charge in [0.2, 0.25) is 0 Å². The smallest absolute Gasteiger partial charge is 0.0474 e. The topological polar surface area (TPSA) is 3.24 Å². The van der Waals surface area contributed by atoms with Crippen molar-refractivity contribution in [2.75, 3.05) is 6.54 Å². The molecule has 2 aromatic rings. The summed E-state index contributed by atoms with van der Waals surface area (Å²) in [5.41, 5.74) is 5.55. The van der Waals surface area contributed by atoms with Gasteiger partial charge in [-0.1, -0.05) is 48.5 Å². The molecule has 19 heavy (non-hydrogen) atoms. The van der Waals surface area contributed by atoms with E-state index in [4.69, 9.17) is 11.6 Å². The quantitative estimate of drug-likeness (QED) is 0.763. The number of hydrogen-bond donors (Lipinski definition) is 0. The van der Waals surface area contributed by atoms with Gasteiger partial charge in [0.15, 0.2) is 0 Å². The predicted octanol–water partition coefficient (Wildman–Crippen LogP) is 3.98. The highest BCUT2D eigenvalue weighted by molar-refractivity contribution is 6.17. The molecule has 0 fully saturated rings. The van der Waals surface area contributed by atoms with Crippen LogP contribution in [0.3, 0.4) is 0 Å². The molecule has 2 aromatic carbocycles. The van der Waals surface area contributed by atoms with Crippen molar-refractivity contribution in [1.29, 1.82) is 0 Å². The van der Waals surface area contributed by atoms with E-state index in [2.05, 4.69) is 53.4 Å². The van der Waals surface area contributed by atoms with Gasteiger partial charge in [0, 0.05) is 25.5 Å². The van der Waals surface area contributed by atoms with E-state index >= 15 is 0 Å². The summed E-state index contributed by atoms with van der Waals surface area (Å²) in [5, 5.41) is 0. The van der Waals surface area contributed by atoms with E-state index in [0.717, 1.165) is 26.1 Å². The van der Waals surface area contributed by atoms with E-state index in [-0.39, 0.29) is 0 Å². The van der Waals surface area contributed by atoms with Crippen molar-refractivity contribution in [3.8, 4) is 0 Å². The second kappa shape index (κ2) is 5.77. The largest absolute Gasteiger partial charge is 0.294 e. The predicted molar refractivity (Wildman–Crippen MR) is 80.3 cm³/mol. The maximum atomic E-state index is 5.82. The third kappa shape index (κ3) is 2.99. The third-order valence-corrected chi connectivity index (χ3v) is 4.10.